The van der Waals surface area contributed by atoms with Crippen molar-refractivity contribution in [2.24, 2.45) is 5.73 Å². The van der Waals surface area contributed by atoms with Gasteiger partial charge >= 0.3 is 0 Å². The summed E-state index contributed by atoms with van der Waals surface area (Å²) in [5.41, 5.74) is 8.42. The molecule has 2 rings (SSSR count). The summed E-state index contributed by atoms with van der Waals surface area (Å²) in [5.74, 6) is 0. The predicted molar refractivity (Wildman–Crippen MR) is 73.1 cm³/mol. The molecular formula is C13H12N2OS. The average Bonchev–Trinajstić information content (AvgIpc) is 2.29. The highest BCUT2D eigenvalue weighted by Gasteiger charge is 2.04. The molecule has 0 bridgehead atoms. The highest BCUT2D eigenvalue weighted by Crippen LogP contribution is 2.16. The second kappa shape index (κ2) is 4.51. The van der Waals surface area contributed by atoms with Crippen molar-refractivity contribution in [1.82, 2.24) is 4.98 Å². The highest BCUT2D eigenvalue weighted by atomic mass is 32.1. The molecular weight excluding hydrogens is 232 g/mol. The molecule has 2 aromatic rings. The fraction of sp³-hybridized carbons (Fsp3) is 0.0769. The van der Waals surface area contributed by atoms with E-state index in [9.17, 15) is 4.79 Å². The normalized spacial score (nSPS) is 10.2. The van der Waals surface area contributed by atoms with Crippen LogP contribution < -0.4 is 11.3 Å². The van der Waals surface area contributed by atoms with Gasteiger partial charge in [-0.3, -0.25) is 4.79 Å². The maximum atomic E-state index is 11.7. The molecule has 0 atom stereocenters. The van der Waals surface area contributed by atoms with Gasteiger partial charge in [0.1, 0.15) is 4.99 Å². The van der Waals surface area contributed by atoms with Crippen LogP contribution in [-0.2, 0) is 0 Å². The number of nitrogens with two attached hydrogens (primary N) is 1. The van der Waals surface area contributed by atoms with Crippen LogP contribution in [0.3, 0.4) is 0 Å². The monoisotopic (exact) mass is 244 g/mol. The molecule has 0 aliphatic rings. The third-order valence-corrected chi connectivity index (χ3v) is 2.76. The van der Waals surface area contributed by atoms with Crippen LogP contribution >= 0.6 is 12.2 Å². The Kier molecular flexibility index (Phi) is 3.06. The number of hydrogen-bond acceptors (Lipinski definition) is 2. The maximum absolute atomic E-state index is 11.7. The van der Waals surface area contributed by atoms with E-state index in [0.717, 1.165) is 11.3 Å². The van der Waals surface area contributed by atoms with Gasteiger partial charge in [-0.05, 0) is 24.6 Å². The third kappa shape index (κ3) is 2.42. The quantitative estimate of drug-likeness (QED) is 0.794. The van der Waals surface area contributed by atoms with Crippen molar-refractivity contribution < 1.29 is 0 Å². The minimum Gasteiger partial charge on any atom is -0.389 e. The molecule has 1 aromatic carbocycles. The Morgan fingerprint density at radius 2 is 1.82 bits per heavy atom. The lowest BCUT2D eigenvalue weighted by atomic mass is 10.1. The van der Waals surface area contributed by atoms with Crippen molar-refractivity contribution >= 4 is 17.2 Å². The molecule has 0 saturated heterocycles. The summed E-state index contributed by atoms with van der Waals surface area (Å²) in [6.45, 7) is 2.02. The van der Waals surface area contributed by atoms with Gasteiger partial charge in [0, 0.05) is 5.69 Å². The van der Waals surface area contributed by atoms with Crippen LogP contribution in [0.15, 0.2) is 41.2 Å². The largest absolute Gasteiger partial charge is 0.389 e. The molecule has 1 heterocycles. The van der Waals surface area contributed by atoms with Gasteiger partial charge in [0.05, 0.1) is 5.56 Å². The van der Waals surface area contributed by atoms with Crippen LogP contribution in [0.1, 0.15) is 11.1 Å². The highest BCUT2D eigenvalue weighted by molar-refractivity contribution is 7.80. The molecule has 0 unspecified atom stereocenters. The molecule has 0 aliphatic carbocycles. The molecule has 4 heteroatoms. The van der Waals surface area contributed by atoms with Crippen LogP contribution in [0.25, 0.3) is 11.3 Å². The Hall–Kier alpha value is -1.94. The maximum Gasteiger partial charge on any atom is 0.258 e. The van der Waals surface area contributed by atoms with Gasteiger partial charge in [0.15, 0.2) is 0 Å². The summed E-state index contributed by atoms with van der Waals surface area (Å²) in [5, 5.41) is 0. The summed E-state index contributed by atoms with van der Waals surface area (Å²) in [7, 11) is 0. The standard InChI is InChI=1S/C13H12N2OS/c1-8-2-4-9(5-3-8)11-7-6-10(12(14)17)13(16)15-11/h2-7H,1H3,(H2,14,17)(H,15,16). The van der Waals surface area contributed by atoms with Gasteiger partial charge in [-0.25, -0.2) is 0 Å². The minimum absolute atomic E-state index is 0.113. The molecule has 0 saturated carbocycles. The van der Waals surface area contributed by atoms with Gasteiger partial charge in [-0.1, -0.05) is 42.0 Å². The second-order valence-electron chi connectivity index (χ2n) is 3.85. The predicted octanol–water partition coefficient (Wildman–Crippen LogP) is 1.98. The smallest absolute Gasteiger partial charge is 0.258 e. The summed E-state index contributed by atoms with van der Waals surface area (Å²) < 4.78 is 0. The number of aryl methyl sites for hydroxylation is 1. The first kappa shape index (κ1) is 11.5. The first-order valence-corrected chi connectivity index (χ1v) is 5.59. The zero-order valence-electron chi connectivity index (χ0n) is 9.36. The molecule has 86 valence electrons. The number of thiocarbonyl (C=S) groups is 1. The average molecular weight is 244 g/mol. The number of aromatic nitrogens is 1. The Bertz CT molecular complexity index is 614. The molecule has 1 aromatic heterocycles. The van der Waals surface area contributed by atoms with Gasteiger partial charge in [0.25, 0.3) is 5.56 Å². The van der Waals surface area contributed by atoms with E-state index >= 15 is 0 Å². The fourth-order valence-electron chi connectivity index (χ4n) is 1.57. The molecule has 0 amide bonds. The number of rotatable bonds is 2. The number of aromatic amines is 1. The Morgan fingerprint density at radius 3 is 2.35 bits per heavy atom. The molecule has 3 nitrogen and oxygen atoms in total. The molecule has 17 heavy (non-hydrogen) atoms. The number of hydrogen-bond donors (Lipinski definition) is 2. The first-order chi connectivity index (χ1) is 8.08. The summed E-state index contributed by atoms with van der Waals surface area (Å²) >= 11 is 4.78. The number of nitrogens with one attached hydrogen (secondary N) is 1. The van der Waals surface area contributed by atoms with E-state index in [1.165, 1.54) is 5.56 Å². The Morgan fingerprint density at radius 1 is 1.18 bits per heavy atom. The van der Waals surface area contributed by atoms with Crippen LogP contribution in [0.4, 0.5) is 0 Å². The van der Waals surface area contributed by atoms with Crippen molar-refractivity contribution in [3.8, 4) is 11.3 Å². The van der Waals surface area contributed by atoms with E-state index in [0.29, 0.717) is 5.56 Å². The van der Waals surface area contributed by atoms with Crippen molar-refractivity contribution in [2.45, 2.75) is 6.92 Å². The molecule has 0 aliphatic heterocycles. The minimum atomic E-state index is -0.254. The lowest BCUT2D eigenvalue weighted by molar-refractivity contribution is 1.23. The molecule has 0 fully saturated rings. The zero-order chi connectivity index (χ0) is 12.4. The number of H-pyrrole nitrogens is 1. The van der Waals surface area contributed by atoms with Crippen molar-refractivity contribution in [3.05, 3.63) is 57.9 Å². The fourth-order valence-corrected chi connectivity index (χ4v) is 1.73. The van der Waals surface area contributed by atoms with E-state index in [-0.39, 0.29) is 10.5 Å². The summed E-state index contributed by atoms with van der Waals surface area (Å²) in [6.07, 6.45) is 0. The van der Waals surface area contributed by atoms with Crippen molar-refractivity contribution in [1.29, 1.82) is 0 Å². The SMILES string of the molecule is Cc1ccc(-c2ccc(C(N)=S)c(=O)[nH]2)cc1. The van der Waals surface area contributed by atoms with E-state index in [1.807, 2.05) is 31.2 Å². The molecule has 3 N–H and O–H groups in total. The van der Waals surface area contributed by atoms with E-state index in [4.69, 9.17) is 18.0 Å². The van der Waals surface area contributed by atoms with Crippen LogP contribution in [0.5, 0.6) is 0 Å². The lowest BCUT2D eigenvalue weighted by Crippen LogP contribution is -2.22. The summed E-state index contributed by atoms with van der Waals surface area (Å²) in [6, 6.07) is 11.4. The first-order valence-electron chi connectivity index (χ1n) is 5.18. The lowest BCUT2D eigenvalue weighted by Gasteiger charge is -2.03. The van der Waals surface area contributed by atoms with Crippen LogP contribution in [-0.4, -0.2) is 9.97 Å². The zero-order valence-corrected chi connectivity index (χ0v) is 10.2. The number of benzene rings is 1. The van der Waals surface area contributed by atoms with Crippen LogP contribution in [0.2, 0.25) is 0 Å². The second-order valence-corrected chi connectivity index (χ2v) is 4.28. The van der Waals surface area contributed by atoms with Crippen molar-refractivity contribution in [3.63, 3.8) is 0 Å². The third-order valence-electron chi connectivity index (χ3n) is 2.54. The molecule has 0 radical (unpaired) electrons. The Labute approximate surface area is 104 Å². The van der Waals surface area contributed by atoms with Gasteiger partial charge in [0.2, 0.25) is 0 Å². The summed E-state index contributed by atoms with van der Waals surface area (Å²) in [4.78, 5) is 14.6. The van der Waals surface area contributed by atoms with E-state index in [1.54, 1.807) is 12.1 Å². The van der Waals surface area contributed by atoms with Crippen LogP contribution in [0, 0.1) is 6.92 Å². The van der Waals surface area contributed by atoms with Gasteiger partial charge in [-0.15, -0.1) is 0 Å². The topological polar surface area (TPSA) is 58.9 Å². The van der Waals surface area contributed by atoms with E-state index < -0.39 is 0 Å². The van der Waals surface area contributed by atoms with Gasteiger partial charge in [-0.2, -0.15) is 0 Å². The molecule has 0 spiro atoms. The Balaban J connectivity index is 2.48. The van der Waals surface area contributed by atoms with E-state index in [2.05, 4.69) is 4.98 Å². The number of pyridine rings is 1. The van der Waals surface area contributed by atoms with Crippen molar-refractivity contribution in [2.75, 3.05) is 0 Å². The van der Waals surface area contributed by atoms with Gasteiger partial charge < -0.3 is 10.7 Å².